The van der Waals surface area contributed by atoms with Crippen molar-refractivity contribution in [1.82, 2.24) is 14.7 Å². The van der Waals surface area contributed by atoms with Crippen molar-refractivity contribution in [3.63, 3.8) is 0 Å². The van der Waals surface area contributed by atoms with Gasteiger partial charge in [-0.1, -0.05) is 109 Å². The van der Waals surface area contributed by atoms with Crippen LogP contribution >= 0.6 is 0 Å². The first kappa shape index (κ1) is 64.7. The number of ether oxygens (including phenoxy) is 6. The van der Waals surface area contributed by atoms with Gasteiger partial charge < -0.3 is 43.1 Å². The fourth-order valence-electron chi connectivity index (χ4n) is 9.17. The normalized spacial score (nSPS) is 10.6. The first-order chi connectivity index (χ1) is 42.6. The van der Waals surface area contributed by atoms with Gasteiger partial charge in [0.2, 0.25) is 0 Å². The minimum Gasteiger partial charge on any atom is -0.493 e. The summed E-state index contributed by atoms with van der Waals surface area (Å²) in [5.41, 5.74) is 5.51. The average molecular weight is 1170 g/mol. The number of hydrogen-bond acceptors (Lipinski definition) is 9. The van der Waals surface area contributed by atoms with Gasteiger partial charge >= 0.3 is 0 Å². The number of nitrogens with zero attached hydrogens (tertiary/aromatic N) is 3. The van der Waals surface area contributed by atoms with Crippen LogP contribution in [0.15, 0.2) is 240 Å². The van der Waals surface area contributed by atoms with E-state index in [9.17, 15) is 0 Å². The van der Waals surface area contributed by atoms with Crippen LogP contribution in [0.5, 0.6) is 34.5 Å². The number of benzene rings is 7. The van der Waals surface area contributed by atoms with E-state index in [4.69, 9.17) is 28.4 Å². The van der Waals surface area contributed by atoms with Crippen molar-refractivity contribution in [3.05, 3.63) is 290 Å². The Hall–Kier alpha value is -9.81. The van der Waals surface area contributed by atoms with Gasteiger partial charge in [-0.25, -0.2) is 0 Å². The Labute approximate surface area is 514 Å². The third kappa shape index (κ3) is 21.3. The van der Waals surface area contributed by atoms with Crippen molar-refractivity contribution < 1.29 is 42.8 Å². The summed E-state index contributed by atoms with van der Waals surface area (Å²) in [7, 11) is 0. The van der Waals surface area contributed by atoms with Gasteiger partial charge in [0.25, 0.3) is 17.7 Å². The quantitative estimate of drug-likeness (QED) is 0.0274. The van der Waals surface area contributed by atoms with E-state index in [1.807, 2.05) is 146 Å². The first-order valence-corrected chi connectivity index (χ1v) is 29.6. The van der Waals surface area contributed by atoms with Gasteiger partial charge in [0, 0.05) is 56.0 Å². The molecule has 12 nitrogen and oxygen atoms in total. The molecular weight excluding hydrogens is 1090 g/mol. The maximum Gasteiger partial charge on any atom is 0.254 e. The molecule has 87 heavy (non-hydrogen) atoms. The van der Waals surface area contributed by atoms with E-state index in [1.165, 1.54) is 0 Å². The molecule has 0 spiro atoms. The smallest absolute Gasteiger partial charge is 0.254 e. The standard InChI is InChI=1S/C75H81N3O9/c1-7-13-43-82-67-31-19-58(20-32-67)52-76(53-59-21-33-68(34-22-59)83-44-14-8-2)73(79)64-49-65(74(80)77(54-60-23-35-69(36-24-60)84-45-15-9-3)55-61-25-37-70(38-26-61)85-46-16-10-4)51-66(50-64)75(81)78(56-62-27-39-71(40-28-62)86-47-17-11-5)57-63-29-41-72(42-30-63)87-48-18-12-6/h7-12,19-42,49-51H,1-6,13-18,43-48,52-57H2. The molecule has 0 aromatic heterocycles. The lowest BCUT2D eigenvalue weighted by atomic mass is 10.0. The molecule has 0 radical (unpaired) electrons. The van der Waals surface area contributed by atoms with Crippen LogP contribution in [0, 0.1) is 0 Å². The number of carbonyl (C=O) groups excluding carboxylic acids is 3. The molecule has 7 aromatic rings. The maximum atomic E-state index is 15.7. The molecule has 0 saturated carbocycles. The predicted octanol–water partition coefficient (Wildman–Crippen LogP) is 15.9. The van der Waals surface area contributed by atoms with Crippen molar-refractivity contribution in [3.8, 4) is 34.5 Å². The van der Waals surface area contributed by atoms with Crippen molar-refractivity contribution in [2.45, 2.75) is 77.8 Å². The zero-order valence-corrected chi connectivity index (χ0v) is 50.0. The lowest BCUT2D eigenvalue weighted by Gasteiger charge is -2.27. The van der Waals surface area contributed by atoms with Gasteiger partial charge in [0.15, 0.2) is 0 Å². The highest BCUT2D eigenvalue weighted by Gasteiger charge is 2.27. The molecule has 0 aliphatic heterocycles. The molecule has 0 heterocycles. The molecule has 12 heteroatoms. The van der Waals surface area contributed by atoms with Crippen molar-refractivity contribution >= 4 is 17.7 Å². The van der Waals surface area contributed by atoms with Crippen LogP contribution in [-0.2, 0) is 39.3 Å². The minimum atomic E-state index is -0.396. The van der Waals surface area contributed by atoms with Crippen LogP contribution < -0.4 is 28.4 Å². The lowest BCUT2D eigenvalue weighted by Crippen LogP contribution is -2.34. The molecule has 3 amide bonds. The van der Waals surface area contributed by atoms with Crippen LogP contribution in [0.25, 0.3) is 0 Å². The van der Waals surface area contributed by atoms with Crippen molar-refractivity contribution in [2.24, 2.45) is 0 Å². The second-order valence-electron chi connectivity index (χ2n) is 20.7. The molecule has 0 aliphatic rings. The van der Waals surface area contributed by atoms with Crippen LogP contribution in [0.2, 0.25) is 0 Å². The summed E-state index contributed by atoms with van der Waals surface area (Å²) >= 11 is 0. The topological polar surface area (TPSA) is 116 Å². The highest BCUT2D eigenvalue weighted by molar-refractivity contribution is 6.04. The molecule has 0 unspecified atom stereocenters. The summed E-state index contributed by atoms with van der Waals surface area (Å²) in [5.74, 6) is 2.95. The van der Waals surface area contributed by atoms with E-state index in [0.29, 0.717) is 113 Å². The number of carbonyl (C=O) groups is 3. The molecular formula is C75H81N3O9. The van der Waals surface area contributed by atoms with E-state index in [0.717, 1.165) is 33.4 Å². The van der Waals surface area contributed by atoms with Crippen molar-refractivity contribution in [1.29, 1.82) is 0 Å². The van der Waals surface area contributed by atoms with E-state index < -0.39 is 17.7 Å². The maximum absolute atomic E-state index is 15.7. The van der Waals surface area contributed by atoms with Gasteiger partial charge in [-0.2, -0.15) is 0 Å². The summed E-state index contributed by atoms with van der Waals surface area (Å²) in [4.78, 5) is 52.4. The Morgan fingerprint density at radius 1 is 0.264 bits per heavy atom. The van der Waals surface area contributed by atoms with Gasteiger partial charge in [-0.3, -0.25) is 14.4 Å². The molecule has 7 aromatic carbocycles. The van der Waals surface area contributed by atoms with Gasteiger partial charge in [0.05, 0.1) is 39.6 Å². The van der Waals surface area contributed by atoms with Crippen molar-refractivity contribution in [2.75, 3.05) is 39.6 Å². The third-order valence-corrected chi connectivity index (χ3v) is 13.9. The lowest BCUT2D eigenvalue weighted by molar-refractivity contribution is 0.0725. The second-order valence-corrected chi connectivity index (χ2v) is 20.7. The first-order valence-electron chi connectivity index (χ1n) is 29.6. The fraction of sp³-hybridized carbons (Fsp3) is 0.240. The predicted molar refractivity (Wildman–Crippen MR) is 348 cm³/mol. The Morgan fingerprint density at radius 2 is 0.414 bits per heavy atom. The third-order valence-electron chi connectivity index (χ3n) is 13.9. The van der Waals surface area contributed by atoms with Gasteiger partial charge in [0.1, 0.15) is 34.5 Å². The summed E-state index contributed by atoms with van der Waals surface area (Å²) < 4.78 is 35.7. The molecule has 450 valence electrons. The second kappa shape index (κ2) is 35.5. The number of hydrogen-bond donors (Lipinski definition) is 0. The molecule has 7 rings (SSSR count). The SMILES string of the molecule is C=CCCOc1ccc(CN(Cc2ccc(OCCC=C)cc2)C(=O)c2cc(C(=O)N(Cc3ccc(OCCC=C)cc3)Cc3ccc(OCCC=C)cc3)cc(C(=O)N(Cc3ccc(OCCC=C)cc3)Cc3ccc(OCCC=C)cc3)c2)cc1. The summed E-state index contributed by atoms with van der Waals surface area (Å²) in [5, 5.41) is 0. The Balaban J connectivity index is 1.33. The minimum absolute atomic E-state index is 0.155. The monoisotopic (exact) mass is 1170 g/mol. The molecule has 0 saturated heterocycles. The van der Waals surface area contributed by atoms with Crippen LogP contribution in [0.1, 0.15) is 103 Å². The Bertz CT molecular complexity index is 2780. The van der Waals surface area contributed by atoms with E-state index >= 15 is 14.4 Å². The number of rotatable bonds is 39. The van der Waals surface area contributed by atoms with E-state index in [2.05, 4.69) is 39.5 Å². The molecule has 0 bridgehead atoms. The Morgan fingerprint density at radius 3 is 0.552 bits per heavy atom. The largest absolute Gasteiger partial charge is 0.493 e. The number of amides is 3. The zero-order valence-electron chi connectivity index (χ0n) is 50.0. The molecule has 0 N–H and O–H groups in total. The highest BCUT2D eigenvalue weighted by atomic mass is 16.5. The van der Waals surface area contributed by atoms with Crippen LogP contribution in [-0.4, -0.2) is 72.1 Å². The van der Waals surface area contributed by atoms with Crippen LogP contribution in [0.4, 0.5) is 0 Å². The highest BCUT2D eigenvalue weighted by Crippen LogP contribution is 2.27. The molecule has 0 fully saturated rings. The summed E-state index contributed by atoms with van der Waals surface area (Å²) in [6, 6.07) is 50.7. The van der Waals surface area contributed by atoms with Gasteiger partial charge in [-0.15, -0.1) is 39.5 Å². The van der Waals surface area contributed by atoms with Crippen LogP contribution in [0.3, 0.4) is 0 Å². The zero-order chi connectivity index (χ0) is 61.4. The molecule has 0 aliphatic carbocycles. The fourth-order valence-corrected chi connectivity index (χ4v) is 9.17. The summed E-state index contributed by atoms with van der Waals surface area (Å²) in [6.07, 6.45) is 15.0. The average Bonchev–Trinajstić information content (AvgIpc) is 3.65. The van der Waals surface area contributed by atoms with E-state index in [-0.39, 0.29) is 56.0 Å². The van der Waals surface area contributed by atoms with Gasteiger partial charge in [-0.05, 0) is 163 Å². The summed E-state index contributed by atoms with van der Waals surface area (Å²) in [6.45, 7) is 26.8. The van der Waals surface area contributed by atoms with E-state index in [1.54, 1.807) is 69.4 Å². The molecule has 0 atom stereocenters. The Kier molecular flexibility index (Phi) is 26.4.